The van der Waals surface area contributed by atoms with Gasteiger partial charge >= 0.3 is 11.9 Å². The SMILES string of the molecule is CCCCc1c(-c2ccc(C(=O)OC(C)(C)C)cc2C(=O)N2CCc3ccccc3C2)c(C(=O)OCC)nn1-c1ccc(OC)cc1. The second-order valence-corrected chi connectivity index (χ2v) is 12.6. The molecular weight excluding hydrogens is 594 g/mol. The lowest BCUT2D eigenvalue weighted by Crippen LogP contribution is -2.36. The van der Waals surface area contributed by atoms with E-state index in [9.17, 15) is 14.4 Å². The number of benzene rings is 3. The number of carbonyl (C=O) groups excluding carboxylic acids is 3. The van der Waals surface area contributed by atoms with Crippen molar-refractivity contribution in [2.45, 2.75) is 72.4 Å². The average molecular weight is 638 g/mol. The van der Waals surface area contributed by atoms with Crippen molar-refractivity contribution < 1.29 is 28.6 Å². The zero-order chi connectivity index (χ0) is 33.7. The van der Waals surface area contributed by atoms with Gasteiger partial charge in [0.05, 0.1) is 30.7 Å². The lowest BCUT2D eigenvalue weighted by molar-refractivity contribution is 0.00692. The third kappa shape index (κ3) is 7.40. The largest absolute Gasteiger partial charge is 0.497 e. The molecule has 0 fully saturated rings. The highest BCUT2D eigenvalue weighted by molar-refractivity contribution is 6.07. The fourth-order valence-electron chi connectivity index (χ4n) is 5.83. The van der Waals surface area contributed by atoms with Gasteiger partial charge in [0, 0.05) is 24.2 Å². The third-order valence-corrected chi connectivity index (χ3v) is 8.11. The van der Waals surface area contributed by atoms with Gasteiger partial charge in [0.25, 0.3) is 5.91 Å². The quantitative estimate of drug-likeness (QED) is 0.169. The summed E-state index contributed by atoms with van der Waals surface area (Å²) in [6.45, 7) is 10.4. The predicted molar refractivity (Wildman–Crippen MR) is 180 cm³/mol. The van der Waals surface area contributed by atoms with E-state index in [1.165, 1.54) is 5.56 Å². The fourth-order valence-corrected chi connectivity index (χ4v) is 5.83. The second kappa shape index (κ2) is 14.2. The van der Waals surface area contributed by atoms with Gasteiger partial charge in [-0.1, -0.05) is 43.7 Å². The number of carbonyl (C=O) groups is 3. The Labute approximate surface area is 276 Å². The summed E-state index contributed by atoms with van der Waals surface area (Å²) in [5.74, 6) is -0.675. The number of hydrogen-bond acceptors (Lipinski definition) is 7. The minimum atomic E-state index is -0.722. The van der Waals surface area contributed by atoms with Gasteiger partial charge in [-0.25, -0.2) is 14.3 Å². The molecule has 0 saturated carbocycles. The van der Waals surface area contributed by atoms with E-state index in [2.05, 4.69) is 13.0 Å². The van der Waals surface area contributed by atoms with E-state index < -0.39 is 17.5 Å². The van der Waals surface area contributed by atoms with Gasteiger partial charge in [-0.2, -0.15) is 5.10 Å². The highest BCUT2D eigenvalue weighted by Crippen LogP contribution is 2.36. The Kier molecular flexibility index (Phi) is 10.1. The number of amides is 1. The first-order chi connectivity index (χ1) is 22.5. The van der Waals surface area contributed by atoms with Gasteiger partial charge in [-0.05, 0) is 100 Å². The molecule has 0 N–H and O–H groups in total. The van der Waals surface area contributed by atoms with Crippen LogP contribution in [0.5, 0.6) is 5.75 Å². The van der Waals surface area contributed by atoms with Crippen LogP contribution in [0.15, 0.2) is 66.7 Å². The average Bonchev–Trinajstić information content (AvgIpc) is 3.45. The molecule has 0 bridgehead atoms. The van der Waals surface area contributed by atoms with Crippen LogP contribution < -0.4 is 4.74 Å². The molecule has 0 unspecified atom stereocenters. The van der Waals surface area contributed by atoms with Crippen molar-refractivity contribution >= 4 is 17.8 Å². The van der Waals surface area contributed by atoms with Crippen LogP contribution >= 0.6 is 0 Å². The summed E-state index contributed by atoms with van der Waals surface area (Å²) < 4.78 is 18.3. The van der Waals surface area contributed by atoms with Crippen molar-refractivity contribution in [2.75, 3.05) is 20.3 Å². The van der Waals surface area contributed by atoms with Crippen molar-refractivity contribution in [3.8, 4) is 22.6 Å². The normalized spacial score (nSPS) is 12.8. The number of aromatic nitrogens is 2. The van der Waals surface area contributed by atoms with E-state index in [1.807, 2.05) is 42.5 Å². The van der Waals surface area contributed by atoms with E-state index in [0.29, 0.717) is 48.4 Å². The number of unbranched alkanes of at least 4 members (excludes halogenated alkanes) is 1. The van der Waals surface area contributed by atoms with Gasteiger partial charge in [-0.3, -0.25) is 4.79 Å². The Morgan fingerprint density at radius 1 is 0.915 bits per heavy atom. The van der Waals surface area contributed by atoms with Crippen molar-refractivity contribution in [3.63, 3.8) is 0 Å². The van der Waals surface area contributed by atoms with Crippen LogP contribution in [-0.2, 0) is 28.9 Å². The van der Waals surface area contributed by atoms with Crippen LogP contribution in [-0.4, -0.2) is 58.4 Å². The van der Waals surface area contributed by atoms with Crippen LogP contribution in [0.2, 0.25) is 0 Å². The summed E-state index contributed by atoms with van der Waals surface area (Å²) in [6, 6.07) is 20.5. The number of fused-ring (bicyclic) bond motifs is 1. The monoisotopic (exact) mass is 637 g/mol. The summed E-state index contributed by atoms with van der Waals surface area (Å²) in [6.07, 6.45) is 3.02. The zero-order valence-corrected chi connectivity index (χ0v) is 28.1. The number of hydrogen-bond donors (Lipinski definition) is 0. The maximum Gasteiger partial charge on any atom is 0.359 e. The highest BCUT2D eigenvalue weighted by Gasteiger charge is 2.32. The fraction of sp³-hybridized carbons (Fsp3) is 0.368. The summed E-state index contributed by atoms with van der Waals surface area (Å²) in [7, 11) is 1.60. The molecular formula is C38H43N3O6. The molecule has 3 aromatic carbocycles. The Bertz CT molecular complexity index is 1770. The molecule has 0 radical (unpaired) electrons. The summed E-state index contributed by atoms with van der Waals surface area (Å²) in [5.41, 5.74) is 4.76. The molecule has 47 heavy (non-hydrogen) atoms. The van der Waals surface area contributed by atoms with Gasteiger partial charge in [0.15, 0.2) is 5.69 Å². The van der Waals surface area contributed by atoms with Gasteiger partial charge in [0.1, 0.15) is 11.4 Å². The van der Waals surface area contributed by atoms with Crippen molar-refractivity contribution in [3.05, 3.63) is 100 Å². The molecule has 0 saturated heterocycles. The molecule has 1 aliphatic heterocycles. The first kappa shape index (κ1) is 33.4. The molecule has 5 rings (SSSR count). The standard InChI is InChI=1S/C38H43N3O6/c1-7-9-14-32-33(34(37(44)46-8-2)39-41(32)28-16-18-29(45-6)19-17-28)30-20-15-26(36(43)47-38(3,4)5)23-31(30)35(42)40-22-21-25-12-10-11-13-27(25)24-40/h10-13,15-20,23H,7-9,14,21-22,24H2,1-6H3. The van der Waals surface area contributed by atoms with Gasteiger partial charge < -0.3 is 19.1 Å². The molecule has 0 atom stereocenters. The number of ether oxygens (including phenoxy) is 3. The molecule has 0 aliphatic carbocycles. The van der Waals surface area contributed by atoms with Crippen LogP contribution in [0.25, 0.3) is 16.8 Å². The van der Waals surface area contributed by atoms with Crippen LogP contribution in [0.1, 0.15) is 95.5 Å². The van der Waals surface area contributed by atoms with Gasteiger partial charge in [-0.15, -0.1) is 0 Å². The smallest absolute Gasteiger partial charge is 0.359 e. The van der Waals surface area contributed by atoms with Gasteiger partial charge in [0.2, 0.25) is 0 Å². The van der Waals surface area contributed by atoms with Crippen molar-refractivity contribution in [1.29, 1.82) is 0 Å². The topological polar surface area (TPSA) is 100.0 Å². The molecule has 2 heterocycles. The maximum atomic E-state index is 14.6. The minimum Gasteiger partial charge on any atom is -0.497 e. The Morgan fingerprint density at radius 3 is 2.30 bits per heavy atom. The minimum absolute atomic E-state index is 0.108. The highest BCUT2D eigenvalue weighted by atomic mass is 16.6. The second-order valence-electron chi connectivity index (χ2n) is 12.6. The molecule has 9 nitrogen and oxygen atoms in total. The van der Waals surface area contributed by atoms with Crippen LogP contribution in [0.4, 0.5) is 0 Å². The zero-order valence-electron chi connectivity index (χ0n) is 28.1. The molecule has 4 aromatic rings. The first-order valence-electron chi connectivity index (χ1n) is 16.2. The summed E-state index contributed by atoms with van der Waals surface area (Å²) >= 11 is 0. The molecule has 1 amide bonds. The van der Waals surface area contributed by atoms with Crippen LogP contribution in [0, 0.1) is 0 Å². The third-order valence-electron chi connectivity index (χ3n) is 8.11. The molecule has 0 spiro atoms. The Balaban J connectivity index is 1.73. The molecule has 9 heteroatoms. The number of methoxy groups -OCH3 is 1. The molecule has 1 aromatic heterocycles. The van der Waals surface area contributed by atoms with E-state index in [4.69, 9.17) is 19.3 Å². The van der Waals surface area contributed by atoms with Crippen LogP contribution in [0.3, 0.4) is 0 Å². The summed E-state index contributed by atoms with van der Waals surface area (Å²) in [4.78, 5) is 43.2. The van der Waals surface area contributed by atoms with E-state index >= 15 is 0 Å². The van der Waals surface area contributed by atoms with Crippen molar-refractivity contribution in [1.82, 2.24) is 14.7 Å². The predicted octanol–water partition coefficient (Wildman–Crippen LogP) is 7.22. The lowest BCUT2D eigenvalue weighted by atomic mass is 9.92. The molecule has 246 valence electrons. The Hall–Kier alpha value is -4.92. The first-order valence-corrected chi connectivity index (χ1v) is 16.2. The van der Waals surface area contributed by atoms with Crippen molar-refractivity contribution in [2.24, 2.45) is 0 Å². The molecule has 1 aliphatic rings. The number of esters is 2. The van der Waals surface area contributed by atoms with E-state index in [-0.39, 0.29) is 23.8 Å². The lowest BCUT2D eigenvalue weighted by Gasteiger charge is -2.30. The van der Waals surface area contributed by atoms with E-state index in [1.54, 1.807) is 62.6 Å². The maximum absolute atomic E-state index is 14.6. The van der Waals surface area contributed by atoms with E-state index in [0.717, 1.165) is 29.8 Å². The number of nitrogens with zero attached hydrogens (tertiary/aromatic N) is 3. The Morgan fingerprint density at radius 2 is 1.64 bits per heavy atom. The summed E-state index contributed by atoms with van der Waals surface area (Å²) in [5, 5.41) is 4.82. The number of rotatable bonds is 10.